The summed E-state index contributed by atoms with van der Waals surface area (Å²) >= 11 is 1.36. The molecule has 3 aromatic heterocycles. The number of nitrogens with one attached hydrogen (secondary N) is 1. The van der Waals surface area contributed by atoms with Crippen LogP contribution in [0.4, 0.5) is 17.5 Å². The number of piperazine rings is 1. The van der Waals surface area contributed by atoms with Crippen LogP contribution in [0.3, 0.4) is 0 Å². The van der Waals surface area contributed by atoms with Crippen LogP contribution in [0.15, 0.2) is 22.2 Å². The lowest BCUT2D eigenvalue weighted by atomic mass is 10.3. The summed E-state index contributed by atoms with van der Waals surface area (Å²) in [6, 6.07) is 1.65. The second kappa shape index (κ2) is 6.96. The predicted octanol–water partition coefficient (Wildman–Crippen LogP) is 1.36. The van der Waals surface area contributed by atoms with Gasteiger partial charge in [0.05, 0.1) is 6.54 Å². The van der Waals surface area contributed by atoms with Gasteiger partial charge in [0.1, 0.15) is 12.0 Å². The molecule has 12 heteroatoms. The summed E-state index contributed by atoms with van der Waals surface area (Å²) in [5, 5.41) is 19.7. The summed E-state index contributed by atoms with van der Waals surface area (Å²) in [4.78, 5) is 32.1. The van der Waals surface area contributed by atoms with Crippen molar-refractivity contribution in [1.29, 1.82) is 0 Å². The Morgan fingerprint density at radius 2 is 2.19 bits per heavy atom. The normalized spacial score (nSPS) is 15.4. The first-order valence-electron chi connectivity index (χ1n) is 8.31. The van der Waals surface area contributed by atoms with E-state index >= 15 is 0 Å². The Morgan fingerprint density at radius 1 is 1.41 bits per heavy atom. The third-order valence-corrected chi connectivity index (χ3v) is 5.08. The molecule has 4 rings (SSSR count). The monoisotopic (exact) mass is 391 g/mol. The molecule has 0 aromatic carbocycles. The lowest BCUT2D eigenvalue weighted by Gasteiger charge is -2.33. The molecule has 1 aliphatic rings. The maximum Gasteiger partial charge on any atom is 0.373 e. The van der Waals surface area contributed by atoms with Gasteiger partial charge in [0.25, 0.3) is 4.96 Å². The fourth-order valence-electron chi connectivity index (χ4n) is 3.07. The lowest BCUT2D eigenvalue weighted by molar-refractivity contribution is -0.389. The van der Waals surface area contributed by atoms with Crippen molar-refractivity contribution in [3.8, 4) is 0 Å². The summed E-state index contributed by atoms with van der Waals surface area (Å²) in [5.41, 5.74) is 0. The Kier molecular flexibility index (Phi) is 4.49. The van der Waals surface area contributed by atoms with Crippen LogP contribution in [0, 0.1) is 17.0 Å². The number of nitrogens with zero attached hydrogens (tertiary/aromatic N) is 6. The van der Waals surface area contributed by atoms with Gasteiger partial charge in [-0.05, 0) is 11.8 Å². The van der Waals surface area contributed by atoms with Crippen LogP contribution in [0.25, 0.3) is 4.96 Å². The third-order valence-electron chi connectivity index (χ3n) is 4.33. The highest BCUT2D eigenvalue weighted by Gasteiger charge is 2.30. The largest absolute Gasteiger partial charge is 0.373 e. The molecule has 4 heterocycles. The molecule has 142 valence electrons. The van der Waals surface area contributed by atoms with Crippen LogP contribution < -0.4 is 10.2 Å². The second-order valence-corrected chi connectivity index (χ2v) is 7.08. The van der Waals surface area contributed by atoms with Gasteiger partial charge in [-0.2, -0.15) is 9.38 Å². The average Bonchev–Trinajstić information content (AvgIpc) is 3.30. The highest BCUT2D eigenvalue weighted by molar-refractivity contribution is 7.15. The number of rotatable bonds is 5. The zero-order valence-corrected chi connectivity index (χ0v) is 15.3. The maximum absolute atomic E-state index is 12.1. The van der Waals surface area contributed by atoms with Crippen molar-refractivity contribution in [1.82, 2.24) is 19.4 Å². The summed E-state index contributed by atoms with van der Waals surface area (Å²) in [6.07, 6.45) is 1.65. The van der Waals surface area contributed by atoms with Crippen molar-refractivity contribution in [2.45, 2.75) is 6.92 Å². The Bertz CT molecular complexity index is 986. The lowest BCUT2D eigenvalue weighted by Crippen LogP contribution is -2.49. The standard InChI is InChI=1S/C15H17N7O4S/c1-10-8-11(18-26-10)16-12(23)9-19-2-4-20(5-3-19)13-14(22(24)25)21-6-7-27-15(21)17-13/h6-8H,2-5,9H2,1H3,(H,16,18,23). The molecule has 1 N–H and O–H groups in total. The van der Waals surface area contributed by atoms with Crippen molar-refractivity contribution in [3.63, 3.8) is 0 Å². The van der Waals surface area contributed by atoms with E-state index in [4.69, 9.17) is 4.52 Å². The van der Waals surface area contributed by atoms with Crippen LogP contribution in [0.1, 0.15) is 5.76 Å². The van der Waals surface area contributed by atoms with Crippen LogP contribution in [-0.4, -0.2) is 63.0 Å². The number of aryl methyl sites for hydroxylation is 1. The molecule has 0 unspecified atom stereocenters. The summed E-state index contributed by atoms with van der Waals surface area (Å²) in [5.74, 6) is 1.21. The number of nitro groups is 1. The molecule has 0 bridgehead atoms. The minimum Gasteiger partial charge on any atom is -0.360 e. The van der Waals surface area contributed by atoms with E-state index in [9.17, 15) is 14.9 Å². The van der Waals surface area contributed by atoms with Gasteiger partial charge in [0.2, 0.25) is 11.7 Å². The molecule has 3 aromatic rings. The zero-order chi connectivity index (χ0) is 19.0. The van der Waals surface area contributed by atoms with Gasteiger partial charge in [-0.1, -0.05) is 16.5 Å². The highest BCUT2D eigenvalue weighted by atomic mass is 32.1. The number of fused-ring (bicyclic) bond motifs is 1. The first-order chi connectivity index (χ1) is 13.0. The Labute approximate surface area is 157 Å². The van der Waals surface area contributed by atoms with Crippen molar-refractivity contribution in [2.75, 3.05) is 42.9 Å². The molecule has 0 saturated carbocycles. The molecular weight excluding hydrogens is 374 g/mol. The number of hydrogen-bond acceptors (Lipinski definition) is 9. The molecule has 27 heavy (non-hydrogen) atoms. The fourth-order valence-corrected chi connectivity index (χ4v) is 3.78. The number of carbonyl (C=O) groups is 1. The smallest absolute Gasteiger partial charge is 0.360 e. The van der Waals surface area contributed by atoms with Crippen LogP contribution >= 0.6 is 11.3 Å². The van der Waals surface area contributed by atoms with Crippen LogP contribution in [0.2, 0.25) is 0 Å². The quantitative estimate of drug-likeness (QED) is 0.511. The van der Waals surface area contributed by atoms with Crippen molar-refractivity contribution in [2.24, 2.45) is 0 Å². The average molecular weight is 391 g/mol. The number of imidazole rings is 1. The molecule has 0 aliphatic carbocycles. The van der Waals surface area contributed by atoms with Gasteiger partial charge < -0.3 is 24.9 Å². The van der Waals surface area contributed by atoms with Crippen molar-refractivity contribution in [3.05, 3.63) is 33.5 Å². The summed E-state index contributed by atoms with van der Waals surface area (Å²) < 4.78 is 6.42. The topological polar surface area (TPSA) is 122 Å². The second-order valence-electron chi connectivity index (χ2n) is 6.21. The van der Waals surface area contributed by atoms with Gasteiger partial charge in [0, 0.05) is 37.6 Å². The number of aromatic nitrogens is 3. The van der Waals surface area contributed by atoms with E-state index in [-0.39, 0.29) is 18.3 Å². The molecule has 1 fully saturated rings. The zero-order valence-electron chi connectivity index (χ0n) is 14.5. The van der Waals surface area contributed by atoms with Crippen molar-refractivity contribution >= 4 is 39.7 Å². The minimum absolute atomic E-state index is 0.0150. The summed E-state index contributed by atoms with van der Waals surface area (Å²) in [6.45, 7) is 4.30. The van der Waals surface area contributed by atoms with E-state index in [0.29, 0.717) is 48.5 Å². The Morgan fingerprint density at radius 3 is 2.85 bits per heavy atom. The van der Waals surface area contributed by atoms with Gasteiger partial charge in [0.15, 0.2) is 5.82 Å². The number of hydrogen-bond donors (Lipinski definition) is 1. The molecule has 1 amide bonds. The van der Waals surface area contributed by atoms with E-state index in [1.807, 2.05) is 9.80 Å². The first kappa shape index (κ1) is 17.4. The SMILES string of the molecule is Cc1cc(NC(=O)CN2CCN(c3nc4sccn4c3[N+](=O)[O-])CC2)no1. The van der Waals surface area contributed by atoms with E-state index < -0.39 is 4.92 Å². The van der Waals surface area contributed by atoms with Crippen LogP contribution in [0.5, 0.6) is 0 Å². The van der Waals surface area contributed by atoms with Gasteiger partial charge in [-0.25, -0.2) is 0 Å². The number of amides is 1. The van der Waals surface area contributed by atoms with Gasteiger partial charge in [-0.15, -0.1) is 0 Å². The Hall–Kier alpha value is -2.99. The summed E-state index contributed by atoms with van der Waals surface area (Å²) in [7, 11) is 0. The maximum atomic E-state index is 12.1. The number of carbonyl (C=O) groups excluding carboxylic acids is 1. The molecule has 0 spiro atoms. The predicted molar refractivity (Wildman–Crippen MR) is 98.2 cm³/mol. The highest BCUT2D eigenvalue weighted by Crippen LogP contribution is 2.31. The third kappa shape index (κ3) is 3.48. The molecular formula is C15H17N7O4S. The van der Waals surface area contributed by atoms with E-state index in [1.54, 1.807) is 24.6 Å². The van der Waals surface area contributed by atoms with Crippen LogP contribution in [-0.2, 0) is 4.79 Å². The number of thiazole rings is 1. The number of anilines is 2. The molecule has 1 aliphatic heterocycles. The van der Waals surface area contributed by atoms with Crippen molar-refractivity contribution < 1.29 is 14.2 Å². The molecule has 0 radical (unpaired) electrons. The molecule has 0 atom stereocenters. The van der Waals surface area contributed by atoms with Gasteiger partial charge in [-0.3, -0.25) is 9.69 Å². The first-order valence-corrected chi connectivity index (χ1v) is 9.19. The van der Waals surface area contributed by atoms with Gasteiger partial charge >= 0.3 is 5.82 Å². The minimum atomic E-state index is -0.401. The Balaban J connectivity index is 1.38. The molecule has 11 nitrogen and oxygen atoms in total. The fraction of sp³-hybridized carbons (Fsp3) is 0.400. The van der Waals surface area contributed by atoms with E-state index in [2.05, 4.69) is 15.5 Å². The molecule has 1 saturated heterocycles. The van der Waals surface area contributed by atoms with E-state index in [1.165, 1.54) is 15.7 Å². The van der Waals surface area contributed by atoms with E-state index in [0.717, 1.165) is 0 Å².